The topological polar surface area (TPSA) is 49.3 Å². The minimum absolute atomic E-state index is 0.0696. The van der Waals surface area contributed by atoms with Crippen molar-refractivity contribution >= 4 is 34.2 Å². The standard InChI is InChI=1S/C9H7F3INO2/c10-9(11,12)8(16)14-7-2-1-5(4-15)3-6(7)13/h1-3,15H,4H2,(H,14,16). The number of halogens is 4. The molecule has 0 atom stereocenters. The zero-order valence-corrected chi connectivity index (χ0v) is 9.96. The second-order valence-electron chi connectivity index (χ2n) is 2.92. The molecule has 3 nitrogen and oxygen atoms in total. The van der Waals surface area contributed by atoms with E-state index in [1.807, 2.05) is 0 Å². The molecular formula is C9H7F3INO2. The van der Waals surface area contributed by atoms with Crippen LogP contribution in [0.2, 0.25) is 0 Å². The SMILES string of the molecule is O=C(Nc1ccc(CO)cc1I)C(F)(F)F. The molecule has 0 aromatic heterocycles. The summed E-state index contributed by atoms with van der Waals surface area (Å²) < 4.78 is 36.3. The van der Waals surface area contributed by atoms with Gasteiger partial charge in [0, 0.05) is 3.57 Å². The Balaban J connectivity index is 2.87. The van der Waals surface area contributed by atoms with Crippen LogP contribution < -0.4 is 5.32 Å². The van der Waals surface area contributed by atoms with Crippen molar-refractivity contribution < 1.29 is 23.1 Å². The van der Waals surface area contributed by atoms with E-state index in [0.717, 1.165) is 0 Å². The van der Waals surface area contributed by atoms with E-state index in [4.69, 9.17) is 5.11 Å². The van der Waals surface area contributed by atoms with E-state index in [-0.39, 0.29) is 12.3 Å². The maximum Gasteiger partial charge on any atom is 0.471 e. The van der Waals surface area contributed by atoms with Gasteiger partial charge < -0.3 is 10.4 Å². The lowest BCUT2D eigenvalue weighted by Crippen LogP contribution is -2.30. The van der Waals surface area contributed by atoms with E-state index in [1.165, 1.54) is 18.2 Å². The average Bonchev–Trinajstić information content (AvgIpc) is 2.19. The minimum Gasteiger partial charge on any atom is -0.392 e. The lowest BCUT2D eigenvalue weighted by Gasteiger charge is -2.10. The number of benzene rings is 1. The molecule has 0 bridgehead atoms. The van der Waals surface area contributed by atoms with Crippen LogP contribution in [0.25, 0.3) is 0 Å². The Morgan fingerprint density at radius 2 is 2.06 bits per heavy atom. The summed E-state index contributed by atoms with van der Waals surface area (Å²) in [7, 11) is 0. The summed E-state index contributed by atoms with van der Waals surface area (Å²) in [5.74, 6) is -2.01. The number of aliphatic hydroxyl groups is 1. The number of anilines is 1. The van der Waals surface area contributed by atoms with Crippen molar-refractivity contribution in [3.63, 3.8) is 0 Å². The molecular weight excluding hydrogens is 338 g/mol. The molecule has 1 rings (SSSR count). The molecule has 7 heteroatoms. The van der Waals surface area contributed by atoms with Gasteiger partial charge in [0.1, 0.15) is 0 Å². The first-order valence-electron chi connectivity index (χ1n) is 4.12. The highest BCUT2D eigenvalue weighted by Gasteiger charge is 2.38. The smallest absolute Gasteiger partial charge is 0.392 e. The van der Waals surface area contributed by atoms with E-state index >= 15 is 0 Å². The second kappa shape index (κ2) is 5.00. The largest absolute Gasteiger partial charge is 0.471 e. The lowest BCUT2D eigenvalue weighted by molar-refractivity contribution is -0.167. The Labute approximate surface area is 103 Å². The summed E-state index contributed by atoms with van der Waals surface area (Å²) >= 11 is 1.78. The first kappa shape index (κ1) is 13.2. The number of carbonyl (C=O) groups is 1. The van der Waals surface area contributed by atoms with Crippen LogP contribution in [0.5, 0.6) is 0 Å². The number of aliphatic hydroxyl groups excluding tert-OH is 1. The highest BCUT2D eigenvalue weighted by Crippen LogP contribution is 2.23. The lowest BCUT2D eigenvalue weighted by atomic mass is 10.2. The predicted molar refractivity (Wildman–Crippen MR) is 59.8 cm³/mol. The quantitative estimate of drug-likeness (QED) is 0.809. The molecule has 88 valence electrons. The highest BCUT2D eigenvalue weighted by molar-refractivity contribution is 14.1. The molecule has 0 aliphatic carbocycles. The van der Waals surface area contributed by atoms with Gasteiger partial charge in [0.25, 0.3) is 0 Å². The third-order valence-corrected chi connectivity index (χ3v) is 2.61. The summed E-state index contributed by atoms with van der Waals surface area (Å²) in [6.45, 7) is -0.205. The van der Waals surface area contributed by atoms with E-state index < -0.39 is 12.1 Å². The van der Waals surface area contributed by atoms with Gasteiger partial charge in [0.15, 0.2) is 0 Å². The van der Waals surface area contributed by atoms with Crippen molar-refractivity contribution in [3.8, 4) is 0 Å². The molecule has 1 amide bonds. The van der Waals surface area contributed by atoms with Crippen LogP contribution in [0, 0.1) is 3.57 Å². The van der Waals surface area contributed by atoms with Gasteiger partial charge in [-0.25, -0.2) is 0 Å². The van der Waals surface area contributed by atoms with Gasteiger partial charge in [0.05, 0.1) is 12.3 Å². The van der Waals surface area contributed by atoms with Crippen LogP contribution in [0.15, 0.2) is 18.2 Å². The fourth-order valence-electron chi connectivity index (χ4n) is 0.952. The molecule has 1 aromatic carbocycles. The summed E-state index contributed by atoms with van der Waals surface area (Å²) in [6.07, 6.45) is -4.90. The summed E-state index contributed by atoms with van der Waals surface area (Å²) in [5.41, 5.74) is 0.634. The third kappa shape index (κ3) is 3.34. The van der Waals surface area contributed by atoms with Crippen LogP contribution in [0.1, 0.15) is 5.56 Å². The molecule has 0 heterocycles. The molecule has 0 radical (unpaired) electrons. The monoisotopic (exact) mass is 345 g/mol. The molecule has 0 saturated heterocycles. The molecule has 1 aromatic rings. The molecule has 0 saturated carbocycles. The zero-order valence-electron chi connectivity index (χ0n) is 7.81. The number of rotatable bonds is 2. The van der Waals surface area contributed by atoms with Gasteiger partial charge in [-0.2, -0.15) is 13.2 Å². The predicted octanol–water partition coefficient (Wildman–Crippen LogP) is 2.28. The molecule has 0 fully saturated rings. The Morgan fingerprint density at radius 3 is 2.50 bits per heavy atom. The number of hydrogen-bond acceptors (Lipinski definition) is 2. The minimum atomic E-state index is -4.90. The third-order valence-electron chi connectivity index (χ3n) is 1.72. The van der Waals surface area contributed by atoms with E-state index in [2.05, 4.69) is 0 Å². The van der Waals surface area contributed by atoms with Gasteiger partial charge in [-0.05, 0) is 40.3 Å². The van der Waals surface area contributed by atoms with Crippen molar-refractivity contribution in [2.45, 2.75) is 12.8 Å². The van der Waals surface area contributed by atoms with Crippen LogP contribution in [0.3, 0.4) is 0 Å². The Hall–Kier alpha value is -0.830. The van der Waals surface area contributed by atoms with Crippen molar-refractivity contribution in [2.24, 2.45) is 0 Å². The van der Waals surface area contributed by atoms with Crippen LogP contribution in [-0.2, 0) is 11.4 Å². The van der Waals surface area contributed by atoms with E-state index in [9.17, 15) is 18.0 Å². The maximum absolute atomic E-state index is 12.0. The number of carbonyl (C=O) groups excluding carboxylic acids is 1. The van der Waals surface area contributed by atoms with Gasteiger partial charge in [-0.1, -0.05) is 6.07 Å². The fraction of sp³-hybridized carbons (Fsp3) is 0.222. The van der Waals surface area contributed by atoms with Crippen molar-refractivity contribution in [1.82, 2.24) is 0 Å². The zero-order chi connectivity index (χ0) is 12.3. The summed E-state index contributed by atoms with van der Waals surface area (Å²) in [4.78, 5) is 10.7. The average molecular weight is 345 g/mol. The van der Waals surface area contributed by atoms with Gasteiger partial charge >= 0.3 is 12.1 Å². The van der Waals surface area contributed by atoms with Crippen LogP contribution in [0.4, 0.5) is 18.9 Å². The first-order valence-corrected chi connectivity index (χ1v) is 5.20. The number of alkyl halides is 3. The van der Waals surface area contributed by atoms with E-state index in [0.29, 0.717) is 9.13 Å². The molecule has 0 spiro atoms. The van der Waals surface area contributed by atoms with Gasteiger partial charge in [-0.15, -0.1) is 0 Å². The van der Waals surface area contributed by atoms with Gasteiger partial charge in [-0.3, -0.25) is 4.79 Å². The number of amides is 1. The highest BCUT2D eigenvalue weighted by atomic mass is 127. The fourth-order valence-corrected chi connectivity index (χ4v) is 1.67. The normalized spacial score (nSPS) is 11.3. The molecule has 0 aliphatic rings. The van der Waals surface area contributed by atoms with Crippen molar-refractivity contribution in [2.75, 3.05) is 5.32 Å². The maximum atomic E-state index is 12.0. The van der Waals surface area contributed by atoms with Crippen molar-refractivity contribution in [3.05, 3.63) is 27.3 Å². The Morgan fingerprint density at radius 1 is 1.44 bits per heavy atom. The van der Waals surface area contributed by atoms with E-state index in [1.54, 1.807) is 27.9 Å². The first-order chi connectivity index (χ1) is 7.34. The molecule has 0 aliphatic heterocycles. The van der Waals surface area contributed by atoms with Crippen LogP contribution in [-0.4, -0.2) is 17.2 Å². The molecule has 16 heavy (non-hydrogen) atoms. The summed E-state index contributed by atoms with van der Waals surface area (Å²) in [6, 6.07) is 4.25. The summed E-state index contributed by atoms with van der Waals surface area (Å²) in [5, 5.41) is 10.5. The number of hydrogen-bond donors (Lipinski definition) is 2. The second-order valence-corrected chi connectivity index (χ2v) is 4.09. The molecule has 0 unspecified atom stereocenters. The van der Waals surface area contributed by atoms with Crippen LogP contribution >= 0.6 is 22.6 Å². The Kier molecular flexibility index (Phi) is 4.14. The Bertz CT molecular complexity index is 406. The molecule has 2 N–H and O–H groups in total. The van der Waals surface area contributed by atoms with Gasteiger partial charge in [0.2, 0.25) is 0 Å². The van der Waals surface area contributed by atoms with Crippen molar-refractivity contribution in [1.29, 1.82) is 0 Å². The number of nitrogens with one attached hydrogen (secondary N) is 1.